The predicted molar refractivity (Wildman–Crippen MR) is 48.9 cm³/mol. The zero-order valence-electron chi connectivity index (χ0n) is 7.56. The molecule has 0 saturated carbocycles. The van der Waals surface area contributed by atoms with Crippen molar-refractivity contribution in [1.29, 1.82) is 5.26 Å². The van der Waals surface area contributed by atoms with Crippen LogP contribution in [-0.2, 0) is 0 Å². The second-order valence-corrected chi connectivity index (χ2v) is 2.68. The molecule has 72 valence electrons. The van der Waals surface area contributed by atoms with E-state index in [0.717, 1.165) is 5.56 Å². The first-order valence-electron chi connectivity index (χ1n) is 3.90. The summed E-state index contributed by atoms with van der Waals surface area (Å²) in [5.74, 6) is 0.127. The minimum Gasteiger partial charge on any atom is -0.472 e. The van der Waals surface area contributed by atoms with Crippen molar-refractivity contribution in [3.63, 3.8) is 0 Å². The number of rotatable bonds is 3. The summed E-state index contributed by atoms with van der Waals surface area (Å²) >= 11 is 0. The third-order valence-electron chi connectivity index (χ3n) is 1.60. The van der Waals surface area contributed by atoms with E-state index < -0.39 is 4.92 Å². The molecule has 0 unspecified atom stereocenters. The highest BCUT2D eigenvalue weighted by atomic mass is 16.6. The van der Waals surface area contributed by atoms with E-state index in [4.69, 9.17) is 10.00 Å². The van der Waals surface area contributed by atoms with Gasteiger partial charge in [-0.25, -0.2) is 0 Å². The first-order valence-corrected chi connectivity index (χ1v) is 3.90. The highest BCUT2D eigenvalue weighted by Crippen LogP contribution is 2.27. The summed E-state index contributed by atoms with van der Waals surface area (Å²) < 4.78 is 4.90. The van der Waals surface area contributed by atoms with Crippen LogP contribution in [0.3, 0.4) is 0 Å². The lowest BCUT2D eigenvalue weighted by molar-refractivity contribution is -0.385. The Morgan fingerprint density at radius 3 is 2.93 bits per heavy atom. The lowest BCUT2D eigenvalue weighted by Crippen LogP contribution is -1.98. The van der Waals surface area contributed by atoms with Crippen LogP contribution >= 0.6 is 0 Å². The van der Waals surface area contributed by atoms with Crippen molar-refractivity contribution in [2.45, 2.75) is 6.92 Å². The van der Waals surface area contributed by atoms with Crippen molar-refractivity contribution < 1.29 is 9.66 Å². The highest BCUT2D eigenvalue weighted by Gasteiger charge is 2.14. The van der Waals surface area contributed by atoms with Crippen LogP contribution in [0, 0.1) is 28.4 Å². The fraction of sp³-hybridized carbons (Fsp3) is 0.222. The third-order valence-corrected chi connectivity index (χ3v) is 1.60. The quantitative estimate of drug-likeness (QED) is 0.540. The van der Waals surface area contributed by atoms with Gasteiger partial charge in [0, 0.05) is 6.07 Å². The van der Waals surface area contributed by atoms with Crippen LogP contribution in [0.25, 0.3) is 0 Å². The summed E-state index contributed by atoms with van der Waals surface area (Å²) in [6.45, 7) is 1.56. The standard InChI is InChI=1S/C9H8N2O3/c1-7-2-3-9(14-5-4-10)8(6-7)11(12)13/h2-3,6H,5H2,1H3. The maximum Gasteiger partial charge on any atom is 0.311 e. The predicted octanol–water partition coefficient (Wildman–Crippen LogP) is 1.81. The molecule has 0 N–H and O–H groups in total. The summed E-state index contributed by atoms with van der Waals surface area (Å²) in [6, 6.07) is 6.35. The average molecular weight is 192 g/mol. The third kappa shape index (κ3) is 2.20. The van der Waals surface area contributed by atoms with Crippen LogP contribution in [0.15, 0.2) is 18.2 Å². The van der Waals surface area contributed by atoms with Crippen LogP contribution in [-0.4, -0.2) is 11.5 Å². The maximum atomic E-state index is 10.6. The van der Waals surface area contributed by atoms with Crippen molar-refractivity contribution in [2.24, 2.45) is 0 Å². The molecule has 0 spiro atoms. The van der Waals surface area contributed by atoms with Gasteiger partial charge in [-0.15, -0.1) is 0 Å². The van der Waals surface area contributed by atoms with Crippen LogP contribution in [0.1, 0.15) is 5.56 Å². The van der Waals surface area contributed by atoms with E-state index in [1.165, 1.54) is 12.1 Å². The molecule has 1 aromatic rings. The lowest BCUT2D eigenvalue weighted by Gasteiger charge is -2.02. The highest BCUT2D eigenvalue weighted by molar-refractivity contribution is 5.48. The van der Waals surface area contributed by atoms with Crippen molar-refractivity contribution in [3.8, 4) is 11.8 Å². The van der Waals surface area contributed by atoms with Crippen LogP contribution < -0.4 is 4.74 Å². The van der Waals surface area contributed by atoms with Gasteiger partial charge >= 0.3 is 5.69 Å². The monoisotopic (exact) mass is 192 g/mol. The average Bonchev–Trinajstić information content (AvgIpc) is 2.15. The number of nitro groups is 1. The SMILES string of the molecule is Cc1ccc(OCC#N)c([N+](=O)[O-])c1. The Labute approximate surface area is 80.7 Å². The summed E-state index contributed by atoms with van der Waals surface area (Å²) in [5.41, 5.74) is 0.668. The van der Waals surface area contributed by atoms with Gasteiger partial charge in [0.1, 0.15) is 6.07 Å². The molecule has 0 aromatic heterocycles. The molecule has 0 radical (unpaired) electrons. The van der Waals surface area contributed by atoms with Crippen LogP contribution in [0.2, 0.25) is 0 Å². The molecule has 0 aliphatic rings. The largest absolute Gasteiger partial charge is 0.472 e. The molecular formula is C9H8N2O3. The van der Waals surface area contributed by atoms with Crippen molar-refractivity contribution in [1.82, 2.24) is 0 Å². The molecule has 0 fully saturated rings. The molecule has 0 aliphatic heterocycles. The Morgan fingerprint density at radius 1 is 1.64 bits per heavy atom. The van der Waals surface area contributed by atoms with Gasteiger partial charge in [0.15, 0.2) is 12.4 Å². The van der Waals surface area contributed by atoms with Gasteiger partial charge in [-0.3, -0.25) is 10.1 Å². The van der Waals surface area contributed by atoms with E-state index in [1.54, 1.807) is 19.1 Å². The number of nitrogens with zero attached hydrogens (tertiary/aromatic N) is 2. The Balaban J connectivity index is 3.03. The molecule has 0 atom stereocenters. The van der Waals surface area contributed by atoms with Crippen molar-refractivity contribution in [2.75, 3.05) is 6.61 Å². The molecule has 0 amide bonds. The molecule has 1 aromatic carbocycles. The molecule has 1 rings (SSSR count). The van der Waals surface area contributed by atoms with Gasteiger partial charge in [-0.1, -0.05) is 6.07 Å². The Morgan fingerprint density at radius 2 is 2.36 bits per heavy atom. The second-order valence-electron chi connectivity index (χ2n) is 2.68. The van der Waals surface area contributed by atoms with E-state index >= 15 is 0 Å². The first kappa shape index (κ1) is 9.99. The Bertz CT molecular complexity index is 396. The van der Waals surface area contributed by atoms with E-state index in [0.29, 0.717) is 0 Å². The van der Waals surface area contributed by atoms with Crippen molar-refractivity contribution >= 4 is 5.69 Å². The normalized spacial score (nSPS) is 9.14. The number of nitriles is 1. The van der Waals surface area contributed by atoms with Crippen LogP contribution in [0.5, 0.6) is 5.75 Å². The fourth-order valence-electron chi connectivity index (χ4n) is 1.00. The summed E-state index contributed by atoms with van der Waals surface area (Å²) in [5, 5.41) is 18.8. The molecule has 0 bridgehead atoms. The molecule has 5 nitrogen and oxygen atoms in total. The van der Waals surface area contributed by atoms with Crippen LogP contribution in [0.4, 0.5) is 5.69 Å². The molecule has 0 aliphatic carbocycles. The van der Waals surface area contributed by atoms with E-state index in [-0.39, 0.29) is 18.0 Å². The first-order chi connectivity index (χ1) is 6.65. The Kier molecular flexibility index (Phi) is 3.02. The zero-order valence-corrected chi connectivity index (χ0v) is 7.56. The summed E-state index contributed by atoms with van der Waals surface area (Å²) in [6.07, 6.45) is 0. The van der Waals surface area contributed by atoms with Gasteiger partial charge in [0.2, 0.25) is 0 Å². The van der Waals surface area contributed by atoms with Gasteiger partial charge in [-0.05, 0) is 18.6 Å². The molecular weight excluding hydrogens is 184 g/mol. The van der Waals surface area contributed by atoms with E-state index in [9.17, 15) is 10.1 Å². The van der Waals surface area contributed by atoms with E-state index in [1.807, 2.05) is 0 Å². The number of hydrogen-bond acceptors (Lipinski definition) is 4. The number of ether oxygens (including phenoxy) is 1. The fourth-order valence-corrected chi connectivity index (χ4v) is 1.00. The molecule has 14 heavy (non-hydrogen) atoms. The smallest absolute Gasteiger partial charge is 0.311 e. The zero-order chi connectivity index (χ0) is 10.6. The topological polar surface area (TPSA) is 76.2 Å². The van der Waals surface area contributed by atoms with Gasteiger partial charge in [0.05, 0.1) is 4.92 Å². The number of aryl methyl sites for hydroxylation is 1. The second kappa shape index (κ2) is 4.23. The maximum absolute atomic E-state index is 10.6. The van der Waals surface area contributed by atoms with E-state index in [2.05, 4.69) is 0 Å². The molecule has 5 heteroatoms. The van der Waals surface area contributed by atoms with Gasteiger partial charge in [-0.2, -0.15) is 5.26 Å². The molecule has 0 heterocycles. The number of benzene rings is 1. The Hall–Kier alpha value is -2.09. The number of hydrogen-bond donors (Lipinski definition) is 0. The minimum absolute atomic E-state index is 0.111. The number of nitro benzene ring substituents is 1. The summed E-state index contributed by atoms with van der Waals surface area (Å²) in [7, 11) is 0. The van der Waals surface area contributed by atoms with Crippen molar-refractivity contribution in [3.05, 3.63) is 33.9 Å². The minimum atomic E-state index is -0.528. The molecule has 0 saturated heterocycles. The van der Waals surface area contributed by atoms with Gasteiger partial charge < -0.3 is 4.74 Å². The van der Waals surface area contributed by atoms with Gasteiger partial charge in [0.25, 0.3) is 0 Å². The lowest BCUT2D eigenvalue weighted by atomic mass is 10.2. The summed E-state index contributed by atoms with van der Waals surface area (Å²) in [4.78, 5) is 10.1.